The summed E-state index contributed by atoms with van der Waals surface area (Å²) >= 11 is 3.46. The van der Waals surface area contributed by atoms with Gasteiger partial charge in [0.15, 0.2) is 0 Å². The van der Waals surface area contributed by atoms with Gasteiger partial charge < -0.3 is 9.84 Å². The molecule has 1 saturated heterocycles. The molecule has 150 valence electrons. The summed E-state index contributed by atoms with van der Waals surface area (Å²) in [6.45, 7) is 2.87. The maximum atomic E-state index is 12.5. The Morgan fingerprint density at radius 3 is 2.69 bits per heavy atom. The molecule has 0 atom stereocenters. The van der Waals surface area contributed by atoms with Crippen LogP contribution in [0.3, 0.4) is 0 Å². The highest BCUT2D eigenvalue weighted by Crippen LogP contribution is 2.21. The molecule has 0 unspecified atom stereocenters. The maximum Gasteiger partial charge on any atom is 0.241 e. The number of hydrogen-bond donors (Lipinski definition) is 1. The number of likely N-dealkylation sites (tertiary alicyclic amines) is 1. The number of aromatic nitrogens is 2. The van der Waals surface area contributed by atoms with Crippen LogP contribution in [0.2, 0.25) is 0 Å². The van der Waals surface area contributed by atoms with Gasteiger partial charge in [-0.2, -0.15) is 4.98 Å². The summed E-state index contributed by atoms with van der Waals surface area (Å²) in [7, 11) is 0. The first kappa shape index (κ1) is 19.8. The van der Waals surface area contributed by atoms with Gasteiger partial charge in [0.2, 0.25) is 17.6 Å². The average Bonchev–Trinajstić information content (AvgIpc) is 3.22. The number of rotatable bonds is 6. The van der Waals surface area contributed by atoms with Crippen LogP contribution in [0, 0.1) is 5.92 Å². The van der Waals surface area contributed by atoms with Crippen molar-refractivity contribution in [3.05, 3.63) is 70.5 Å². The smallest absolute Gasteiger partial charge is 0.241 e. The van der Waals surface area contributed by atoms with Crippen LogP contribution in [0.15, 0.2) is 63.6 Å². The third kappa shape index (κ3) is 5.31. The molecule has 4 rings (SSSR count). The van der Waals surface area contributed by atoms with Crippen molar-refractivity contribution in [2.45, 2.75) is 25.9 Å². The highest BCUT2D eigenvalue weighted by Gasteiger charge is 2.25. The minimum absolute atomic E-state index is 0.0565. The molecule has 2 aromatic carbocycles. The first-order chi connectivity index (χ1) is 14.2. The van der Waals surface area contributed by atoms with E-state index < -0.39 is 0 Å². The van der Waals surface area contributed by atoms with E-state index in [-0.39, 0.29) is 11.8 Å². The standard InChI is InChI=1S/C22H23BrN4O2/c23-19-8-4-5-16(13-19)14-24-22(28)18-9-11-27(12-10-18)15-20-25-21(26-29-20)17-6-2-1-3-7-17/h1-8,13,18H,9-12,14-15H2,(H,24,28). The largest absolute Gasteiger partial charge is 0.352 e. The fraction of sp³-hybridized carbons (Fsp3) is 0.318. The van der Waals surface area contributed by atoms with Crippen LogP contribution in [0.5, 0.6) is 0 Å². The number of piperidine rings is 1. The van der Waals surface area contributed by atoms with Crippen molar-refractivity contribution >= 4 is 21.8 Å². The minimum atomic E-state index is 0.0565. The predicted octanol–water partition coefficient (Wildman–Crippen LogP) is 4.03. The Kier molecular flexibility index (Phi) is 6.36. The van der Waals surface area contributed by atoms with Gasteiger partial charge in [0.1, 0.15) is 0 Å². The van der Waals surface area contributed by atoms with Gasteiger partial charge in [0.25, 0.3) is 0 Å². The Morgan fingerprint density at radius 2 is 1.93 bits per heavy atom. The summed E-state index contributed by atoms with van der Waals surface area (Å²) in [4.78, 5) is 19.3. The fourth-order valence-electron chi connectivity index (χ4n) is 3.55. The Labute approximate surface area is 178 Å². The van der Waals surface area contributed by atoms with Gasteiger partial charge in [0.05, 0.1) is 6.54 Å². The molecule has 3 aromatic rings. The molecular weight excluding hydrogens is 432 g/mol. The van der Waals surface area contributed by atoms with Gasteiger partial charge in [-0.05, 0) is 43.6 Å². The molecule has 7 heteroatoms. The average molecular weight is 455 g/mol. The van der Waals surface area contributed by atoms with Crippen LogP contribution in [-0.4, -0.2) is 34.0 Å². The highest BCUT2D eigenvalue weighted by atomic mass is 79.9. The molecule has 6 nitrogen and oxygen atoms in total. The van der Waals surface area contributed by atoms with Crippen molar-refractivity contribution in [1.29, 1.82) is 0 Å². The van der Waals surface area contributed by atoms with E-state index in [1.165, 1.54) is 0 Å². The van der Waals surface area contributed by atoms with Gasteiger partial charge in [-0.25, -0.2) is 0 Å². The van der Waals surface area contributed by atoms with E-state index in [1.54, 1.807) is 0 Å². The molecule has 2 heterocycles. The van der Waals surface area contributed by atoms with Crippen molar-refractivity contribution < 1.29 is 9.32 Å². The van der Waals surface area contributed by atoms with Crippen LogP contribution < -0.4 is 5.32 Å². The van der Waals surface area contributed by atoms with E-state index in [2.05, 4.69) is 36.3 Å². The maximum absolute atomic E-state index is 12.5. The topological polar surface area (TPSA) is 71.3 Å². The second kappa shape index (κ2) is 9.33. The third-order valence-electron chi connectivity index (χ3n) is 5.17. The van der Waals surface area contributed by atoms with Crippen LogP contribution >= 0.6 is 15.9 Å². The summed E-state index contributed by atoms with van der Waals surface area (Å²) in [5.41, 5.74) is 2.04. The molecule has 29 heavy (non-hydrogen) atoms. The van der Waals surface area contributed by atoms with Crippen molar-refractivity contribution in [2.24, 2.45) is 5.92 Å². The number of halogens is 1. The van der Waals surface area contributed by atoms with E-state index in [0.717, 1.165) is 41.5 Å². The van der Waals surface area contributed by atoms with E-state index in [4.69, 9.17) is 4.52 Å². The molecule has 1 fully saturated rings. The fourth-order valence-corrected chi connectivity index (χ4v) is 4.00. The van der Waals surface area contributed by atoms with Crippen molar-refractivity contribution in [3.8, 4) is 11.4 Å². The highest BCUT2D eigenvalue weighted by molar-refractivity contribution is 9.10. The monoisotopic (exact) mass is 454 g/mol. The Morgan fingerprint density at radius 1 is 1.14 bits per heavy atom. The second-order valence-corrected chi connectivity index (χ2v) is 8.19. The molecule has 0 radical (unpaired) electrons. The number of nitrogens with one attached hydrogen (secondary N) is 1. The predicted molar refractivity (Wildman–Crippen MR) is 114 cm³/mol. The quantitative estimate of drug-likeness (QED) is 0.608. The first-order valence-corrected chi connectivity index (χ1v) is 10.6. The number of carbonyl (C=O) groups is 1. The zero-order valence-corrected chi connectivity index (χ0v) is 17.6. The molecule has 1 N–H and O–H groups in total. The SMILES string of the molecule is O=C(NCc1cccc(Br)c1)C1CCN(Cc2nc(-c3ccccc3)no2)CC1. The Bertz CT molecular complexity index is 952. The van der Waals surface area contributed by atoms with Crippen LogP contribution in [0.25, 0.3) is 11.4 Å². The van der Waals surface area contributed by atoms with E-state index >= 15 is 0 Å². The number of nitrogens with zero attached hydrogens (tertiary/aromatic N) is 3. The number of carbonyl (C=O) groups excluding carboxylic acids is 1. The normalized spacial score (nSPS) is 15.3. The summed E-state index contributed by atoms with van der Waals surface area (Å²) in [6, 6.07) is 17.8. The Balaban J connectivity index is 1.24. The number of hydrogen-bond acceptors (Lipinski definition) is 5. The van der Waals surface area contributed by atoms with Gasteiger partial charge in [-0.1, -0.05) is 63.6 Å². The second-order valence-electron chi connectivity index (χ2n) is 7.28. The number of benzene rings is 2. The summed E-state index contributed by atoms with van der Waals surface area (Å²) in [6.07, 6.45) is 1.67. The number of amides is 1. The van der Waals surface area contributed by atoms with Crippen LogP contribution in [0.1, 0.15) is 24.3 Å². The Hall–Kier alpha value is -2.51. The van der Waals surface area contributed by atoms with Crippen LogP contribution in [-0.2, 0) is 17.9 Å². The minimum Gasteiger partial charge on any atom is -0.352 e. The lowest BCUT2D eigenvalue weighted by atomic mass is 9.96. The van der Waals surface area contributed by atoms with Crippen molar-refractivity contribution in [3.63, 3.8) is 0 Å². The first-order valence-electron chi connectivity index (χ1n) is 9.80. The molecule has 1 amide bonds. The summed E-state index contributed by atoms with van der Waals surface area (Å²) in [5, 5.41) is 7.14. The molecule has 1 aromatic heterocycles. The zero-order valence-electron chi connectivity index (χ0n) is 16.1. The molecule has 0 bridgehead atoms. The van der Waals surface area contributed by atoms with Gasteiger partial charge >= 0.3 is 0 Å². The summed E-state index contributed by atoms with van der Waals surface area (Å²) in [5.74, 6) is 1.42. The molecule has 0 saturated carbocycles. The van der Waals surface area contributed by atoms with E-state index in [1.807, 2.05) is 54.6 Å². The van der Waals surface area contributed by atoms with Crippen LogP contribution in [0.4, 0.5) is 0 Å². The lowest BCUT2D eigenvalue weighted by Gasteiger charge is -2.30. The van der Waals surface area contributed by atoms with Gasteiger partial charge in [0, 0.05) is 22.5 Å². The third-order valence-corrected chi connectivity index (χ3v) is 5.67. The molecule has 0 spiro atoms. The molecular formula is C22H23BrN4O2. The van der Waals surface area contributed by atoms with Crippen molar-refractivity contribution in [1.82, 2.24) is 20.4 Å². The van der Waals surface area contributed by atoms with Gasteiger partial charge in [-0.15, -0.1) is 0 Å². The zero-order chi connectivity index (χ0) is 20.1. The molecule has 1 aliphatic heterocycles. The molecule has 0 aliphatic carbocycles. The lowest BCUT2D eigenvalue weighted by molar-refractivity contribution is -0.126. The molecule has 1 aliphatic rings. The van der Waals surface area contributed by atoms with E-state index in [9.17, 15) is 4.79 Å². The lowest BCUT2D eigenvalue weighted by Crippen LogP contribution is -2.40. The summed E-state index contributed by atoms with van der Waals surface area (Å²) < 4.78 is 6.43. The van der Waals surface area contributed by atoms with Crippen molar-refractivity contribution in [2.75, 3.05) is 13.1 Å². The van der Waals surface area contributed by atoms with Gasteiger partial charge in [-0.3, -0.25) is 9.69 Å². The van der Waals surface area contributed by atoms with E-state index in [0.29, 0.717) is 24.8 Å².